The van der Waals surface area contributed by atoms with E-state index in [2.05, 4.69) is 5.32 Å². The maximum atomic E-state index is 10.4. The first-order chi connectivity index (χ1) is 5.90. The van der Waals surface area contributed by atoms with Crippen molar-refractivity contribution in [1.82, 2.24) is 5.32 Å². The highest BCUT2D eigenvalue weighted by Crippen LogP contribution is 2.00. The van der Waals surface area contributed by atoms with Gasteiger partial charge in [0, 0.05) is 13.1 Å². The Morgan fingerprint density at radius 3 is 2.54 bits per heavy atom. The second kappa shape index (κ2) is 5.13. The summed E-state index contributed by atoms with van der Waals surface area (Å²) < 4.78 is 0. The first-order valence-electron chi connectivity index (χ1n) is 3.85. The van der Waals surface area contributed by atoms with Gasteiger partial charge in [-0.15, -0.1) is 0 Å². The lowest BCUT2D eigenvalue weighted by Crippen LogP contribution is -2.46. The van der Waals surface area contributed by atoms with Gasteiger partial charge in [0.1, 0.15) is 0 Å². The maximum Gasteiger partial charge on any atom is 0.336 e. The monoisotopic (exact) mass is 193 g/mol. The van der Waals surface area contributed by atoms with Crippen LogP contribution in [0.15, 0.2) is 0 Å². The van der Waals surface area contributed by atoms with Crippen molar-refractivity contribution in [3.8, 4) is 0 Å². The third-order valence-corrected chi connectivity index (χ3v) is 1.52. The van der Waals surface area contributed by atoms with E-state index in [1.807, 2.05) is 0 Å². The number of hydrogen-bond acceptors (Lipinski definition) is 5. The van der Waals surface area contributed by atoms with Gasteiger partial charge in [-0.1, -0.05) is 0 Å². The Morgan fingerprint density at radius 1 is 1.62 bits per heavy atom. The van der Waals surface area contributed by atoms with Crippen molar-refractivity contribution in [3.63, 3.8) is 0 Å². The van der Waals surface area contributed by atoms with Gasteiger partial charge in [0.25, 0.3) is 0 Å². The summed E-state index contributed by atoms with van der Waals surface area (Å²) in [5.41, 5.74) is -1.85. The van der Waals surface area contributed by atoms with E-state index < -0.39 is 24.3 Å². The minimum atomic E-state index is -1.85. The molecular weight excluding hydrogens is 178 g/mol. The van der Waals surface area contributed by atoms with E-state index in [9.17, 15) is 9.90 Å². The highest BCUT2D eigenvalue weighted by atomic mass is 16.4. The predicted octanol–water partition coefficient (Wildman–Crippen LogP) is -2.24. The van der Waals surface area contributed by atoms with Crippen molar-refractivity contribution in [1.29, 1.82) is 0 Å². The Balaban J connectivity index is 3.70. The number of aliphatic hydroxyl groups excluding tert-OH is 2. The van der Waals surface area contributed by atoms with E-state index in [0.717, 1.165) is 6.92 Å². The lowest BCUT2D eigenvalue weighted by Gasteiger charge is -2.19. The van der Waals surface area contributed by atoms with Gasteiger partial charge in [0.15, 0.2) is 5.60 Å². The van der Waals surface area contributed by atoms with Crippen LogP contribution >= 0.6 is 0 Å². The third-order valence-electron chi connectivity index (χ3n) is 1.52. The Bertz CT molecular complexity index is 170. The van der Waals surface area contributed by atoms with Crippen LogP contribution in [-0.4, -0.2) is 57.8 Å². The Kier molecular flexibility index (Phi) is 4.86. The number of carbonyl (C=O) groups is 1. The third kappa shape index (κ3) is 4.79. The second-order valence-corrected chi connectivity index (χ2v) is 3.05. The number of carboxylic acid groups (broad SMARTS) is 1. The van der Waals surface area contributed by atoms with Crippen molar-refractivity contribution in [2.75, 3.05) is 19.7 Å². The molecule has 0 rings (SSSR count). The molecule has 6 heteroatoms. The molecule has 78 valence electrons. The molecule has 0 aromatic carbocycles. The average Bonchev–Trinajstić information content (AvgIpc) is 2.03. The molecule has 0 saturated heterocycles. The molecule has 0 aromatic rings. The highest BCUT2D eigenvalue weighted by Gasteiger charge is 2.29. The SMILES string of the molecule is CC(O)(CNCC(O)CO)C(=O)O. The van der Waals surface area contributed by atoms with Crippen LogP contribution in [0.2, 0.25) is 0 Å². The molecule has 2 atom stereocenters. The van der Waals surface area contributed by atoms with Gasteiger partial charge in [-0.3, -0.25) is 0 Å². The highest BCUT2D eigenvalue weighted by molar-refractivity contribution is 5.76. The summed E-state index contributed by atoms with van der Waals surface area (Å²) >= 11 is 0. The zero-order valence-corrected chi connectivity index (χ0v) is 7.40. The summed E-state index contributed by atoms with van der Waals surface area (Å²) in [4.78, 5) is 10.4. The normalized spacial score (nSPS) is 17.8. The fourth-order valence-electron chi connectivity index (χ4n) is 0.622. The molecule has 0 heterocycles. The van der Waals surface area contributed by atoms with Crippen LogP contribution in [0.5, 0.6) is 0 Å². The van der Waals surface area contributed by atoms with E-state index in [1.54, 1.807) is 0 Å². The lowest BCUT2D eigenvalue weighted by molar-refractivity contribution is -0.156. The van der Waals surface area contributed by atoms with Gasteiger partial charge in [0.2, 0.25) is 0 Å². The predicted molar refractivity (Wildman–Crippen MR) is 44.2 cm³/mol. The zero-order valence-electron chi connectivity index (χ0n) is 7.40. The van der Waals surface area contributed by atoms with E-state index in [-0.39, 0.29) is 13.1 Å². The minimum Gasteiger partial charge on any atom is -0.479 e. The number of carboxylic acids is 1. The Hall–Kier alpha value is -0.690. The van der Waals surface area contributed by atoms with Gasteiger partial charge in [-0.25, -0.2) is 4.79 Å². The van der Waals surface area contributed by atoms with E-state index in [0.29, 0.717) is 0 Å². The molecule has 0 fully saturated rings. The van der Waals surface area contributed by atoms with Crippen molar-refractivity contribution >= 4 is 5.97 Å². The topological polar surface area (TPSA) is 110 Å². The molecule has 2 unspecified atom stereocenters. The molecule has 0 amide bonds. The maximum absolute atomic E-state index is 10.4. The standard InChI is InChI=1S/C7H15NO5/c1-7(13,6(11)12)4-8-2-5(10)3-9/h5,8-10,13H,2-4H2,1H3,(H,11,12). The van der Waals surface area contributed by atoms with Gasteiger partial charge < -0.3 is 25.7 Å². The summed E-state index contributed by atoms with van der Waals surface area (Å²) in [7, 11) is 0. The quantitative estimate of drug-likeness (QED) is 0.326. The molecule has 0 bridgehead atoms. The van der Waals surface area contributed by atoms with Crippen LogP contribution in [0.4, 0.5) is 0 Å². The summed E-state index contributed by atoms with van der Waals surface area (Å²) in [5.74, 6) is -1.33. The van der Waals surface area contributed by atoms with Crippen molar-refractivity contribution in [2.24, 2.45) is 0 Å². The summed E-state index contributed by atoms with van der Waals surface area (Å²) in [6, 6.07) is 0. The fraction of sp³-hybridized carbons (Fsp3) is 0.857. The Labute approximate surface area is 75.8 Å². The van der Waals surface area contributed by atoms with Gasteiger partial charge in [0.05, 0.1) is 12.7 Å². The van der Waals surface area contributed by atoms with Gasteiger partial charge in [-0.05, 0) is 6.92 Å². The molecule has 0 radical (unpaired) electrons. The van der Waals surface area contributed by atoms with E-state index >= 15 is 0 Å². The minimum absolute atomic E-state index is 0.0416. The van der Waals surface area contributed by atoms with Crippen LogP contribution in [0, 0.1) is 0 Å². The van der Waals surface area contributed by atoms with E-state index in [4.69, 9.17) is 15.3 Å². The van der Waals surface area contributed by atoms with Crippen molar-refractivity contribution < 1.29 is 25.2 Å². The van der Waals surface area contributed by atoms with Crippen LogP contribution in [-0.2, 0) is 4.79 Å². The Morgan fingerprint density at radius 2 is 2.15 bits per heavy atom. The number of hydrogen-bond donors (Lipinski definition) is 5. The number of rotatable bonds is 6. The molecular formula is C7H15NO5. The van der Waals surface area contributed by atoms with Crippen LogP contribution in [0.25, 0.3) is 0 Å². The summed E-state index contributed by atoms with van der Waals surface area (Å²) in [5, 5.41) is 37.4. The molecule has 6 nitrogen and oxygen atoms in total. The zero-order chi connectivity index (χ0) is 10.5. The first-order valence-corrected chi connectivity index (χ1v) is 3.85. The molecule has 0 saturated carbocycles. The molecule has 0 aromatic heterocycles. The van der Waals surface area contributed by atoms with Crippen LogP contribution in [0.1, 0.15) is 6.92 Å². The van der Waals surface area contributed by atoms with Crippen molar-refractivity contribution in [3.05, 3.63) is 0 Å². The van der Waals surface area contributed by atoms with Crippen LogP contribution < -0.4 is 5.32 Å². The summed E-state index contributed by atoms with van der Waals surface area (Å²) in [6.45, 7) is 0.606. The molecule has 5 N–H and O–H groups in total. The van der Waals surface area contributed by atoms with Gasteiger partial charge >= 0.3 is 5.97 Å². The van der Waals surface area contributed by atoms with Crippen molar-refractivity contribution in [2.45, 2.75) is 18.6 Å². The number of aliphatic hydroxyl groups is 3. The smallest absolute Gasteiger partial charge is 0.336 e. The second-order valence-electron chi connectivity index (χ2n) is 3.05. The number of nitrogens with one attached hydrogen (secondary N) is 1. The molecule has 0 aliphatic carbocycles. The molecule has 0 spiro atoms. The molecule has 0 aliphatic heterocycles. The molecule has 13 heavy (non-hydrogen) atoms. The van der Waals surface area contributed by atoms with Gasteiger partial charge in [-0.2, -0.15) is 0 Å². The summed E-state index contributed by atoms with van der Waals surface area (Å²) in [6.07, 6.45) is -0.940. The van der Waals surface area contributed by atoms with Crippen LogP contribution in [0.3, 0.4) is 0 Å². The first kappa shape index (κ1) is 12.3. The molecule has 0 aliphatic rings. The lowest BCUT2D eigenvalue weighted by atomic mass is 10.1. The van der Waals surface area contributed by atoms with E-state index in [1.165, 1.54) is 0 Å². The largest absolute Gasteiger partial charge is 0.479 e. The fourth-order valence-corrected chi connectivity index (χ4v) is 0.622. The average molecular weight is 193 g/mol. The number of aliphatic carboxylic acids is 1.